The zero-order chi connectivity index (χ0) is 22.7. The summed E-state index contributed by atoms with van der Waals surface area (Å²) in [5.41, 5.74) is 2.86. The molecule has 0 amide bonds. The summed E-state index contributed by atoms with van der Waals surface area (Å²) in [4.78, 5) is 9.08. The van der Waals surface area contributed by atoms with Gasteiger partial charge in [-0.1, -0.05) is 75.5 Å². The molecular weight excluding hydrogens is 579 g/mol. The highest BCUT2D eigenvalue weighted by Crippen LogP contribution is 2.31. The molecule has 0 saturated heterocycles. The summed E-state index contributed by atoms with van der Waals surface area (Å²) in [6.07, 6.45) is 4.92. The molecule has 32 heavy (non-hydrogen) atoms. The van der Waals surface area contributed by atoms with E-state index in [4.69, 9.17) is 23.2 Å². The molecule has 0 aliphatic carbocycles. The fourth-order valence-corrected chi connectivity index (χ4v) is 4.54. The van der Waals surface area contributed by atoms with E-state index in [2.05, 4.69) is 46.9 Å². The van der Waals surface area contributed by atoms with Crippen LogP contribution >= 0.6 is 55.1 Å². The third-order valence-electron chi connectivity index (χ3n) is 4.40. The van der Waals surface area contributed by atoms with Crippen molar-refractivity contribution in [2.24, 2.45) is 10.1 Å². The van der Waals surface area contributed by atoms with Gasteiger partial charge < -0.3 is 5.11 Å². The van der Waals surface area contributed by atoms with E-state index in [1.54, 1.807) is 47.4 Å². The Balaban J connectivity index is 1.75. The summed E-state index contributed by atoms with van der Waals surface area (Å²) in [5, 5.41) is 15.8. The quantitative estimate of drug-likeness (QED) is 0.241. The standard InChI is InChI=1S/C23H14Br2Cl2N4O/c24-17-8-16(22(32)19(25)9-17)11-28-23-30-21(14-4-2-1-3-5-14)13-31(23)29-12-15-6-7-18(26)10-20(15)27/h1-13,32H/b28-11+,29-12?. The van der Waals surface area contributed by atoms with Crippen LogP contribution in [0.2, 0.25) is 10.0 Å². The maximum atomic E-state index is 10.3. The molecular formula is C23H14Br2Cl2N4O. The number of hydrogen-bond acceptors (Lipinski definition) is 4. The molecule has 4 rings (SSSR count). The van der Waals surface area contributed by atoms with Crippen molar-refractivity contribution in [3.05, 3.63) is 97.0 Å². The minimum Gasteiger partial charge on any atom is -0.506 e. The average Bonchev–Trinajstić information content (AvgIpc) is 3.18. The topological polar surface area (TPSA) is 62.8 Å². The van der Waals surface area contributed by atoms with E-state index in [0.717, 1.165) is 10.0 Å². The van der Waals surface area contributed by atoms with Crippen LogP contribution < -0.4 is 0 Å². The summed E-state index contributed by atoms with van der Waals surface area (Å²) >= 11 is 19.0. The first-order valence-electron chi connectivity index (χ1n) is 9.27. The molecule has 0 saturated carbocycles. The second-order valence-electron chi connectivity index (χ2n) is 6.63. The number of phenols is 1. The second-order valence-corrected chi connectivity index (χ2v) is 9.24. The summed E-state index contributed by atoms with van der Waals surface area (Å²) in [5.74, 6) is 0.412. The molecule has 0 radical (unpaired) electrons. The molecule has 5 nitrogen and oxygen atoms in total. The van der Waals surface area contributed by atoms with Crippen molar-refractivity contribution in [1.82, 2.24) is 9.66 Å². The third-order valence-corrected chi connectivity index (χ3v) is 6.02. The Morgan fingerprint density at radius 1 is 0.938 bits per heavy atom. The molecule has 3 aromatic carbocycles. The van der Waals surface area contributed by atoms with Gasteiger partial charge in [0.25, 0.3) is 5.95 Å². The molecule has 1 N–H and O–H groups in total. The maximum Gasteiger partial charge on any atom is 0.251 e. The number of hydrogen-bond donors (Lipinski definition) is 1. The normalized spacial score (nSPS) is 11.6. The van der Waals surface area contributed by atoms with Crippen molar-refractivity contribution in [2.75, 3.05) is 0 Å². The Hall–Kier alpha value is -2.45. The highest BCUT2D eigenvalue weighted by atomic mass is 79.9. The van der Waals surface area contributed by atoms with Crippen molar-refractivity contribution >= 4 is 73.4 Å². The molecule has 9 heteroatoms. The number of aromatic nitrogens is 2. The number of imidazole rings is 1. The van der Waals surface area contributed by atoms with Crippen molar-refractivity contribution < 1.29 is 5.11 Å². The smallest absolute Gasteiger partial charge is 0.251 e. The lowest BCUT2D eigenvalue weighted by molar-refractivity contribution is 0.471. The Labute approximate surface area is 211 Å². The first-order valence-corrected chi connectivity index (χ1v) is 11.6. The molecule has 1 heterocycles. The van der Waals surface area contributed by atoms with Crippen LogP contribution in [0.4, 0.5) is 5.95 Å². The zero-order valence-electron chi connectivity index (χ0n) is 16.3. The van der Waals surface area contributed by atoms with Gasteiger partial charge in [0.2, 0.25) is 0 Å². The van der Waals surface area contributed by atoms with Crippen LogP contribution in [0, 0.1) is 0 Å². The first kappa shape index (κ1) is 22.7. The Kier molecular flexibility index (Phi) is 7.10. The number of benzene rings is 3. The number of nitrogens with zero attached hydrogens (tertiary/aromatic N) is 4. The molecule has 0 aliphatic rings. The van der Waals surface area contributed by atoms with Crippen LogP contribution in [0.3, 0.4) is 0 Å². The highest BCUT2D eigenvalue weighted by molar-refractivity contribution is 9.11. The molecule has 0 aliphatic heterocycles. The van der Waals surface area contributed by atoms with E-state index >= 15 is 0 Å². The predicted octanol–water partition coefficient (Wildman–Crippen LogP) is 7.72. The number of aliphatic imine (C=N–C) groups is 1. The van der Waals surface area contributed by atoms with Crippen molar-refractivity contribution in [2.45, 2.75) is 0 Å². The van der Waals surface area contributed by atoms with Crippen LogP contribution in [0.15, 0.2) is 85.9 Å². The van der Waals surface area contributed by atoms with Gasteiger partial charge in [0.15, 0.2) is 0 Å². The van der Waals surface area contributed by atoms with E-state index < -0.39 is 0 Å². The number of halogens is 4. The Morgan fingerprint density at radius 3 is 2.47 bits per heavy atom. The van der Waals surface area contributed by atoms with Crippen LogP contribution in [0.25, 0.3) is 11.3 Å². The van der Waals surface area contributed by atoms with Gasteiger partial charge in [-0.05, 0) is 40.2 Å². The van der Waals surface area contributed by atoms with Crippen molar-refractivity contribution in [3.63, 3.8) is 0 Å². The van der Waals surface area contributed by atoms with E-state index in [-0.39, 0.29) is 5.75 Å². The van der Waals surface area contributed by atoms with E-state index in [1.807, 2.05) is 30.3 Å². The van der Waals surface area contributed by atoms with Gasteiger partial charge in [-0.2, -0.15) is 5.10 Å². The van der Waals surface area contributed by atoms with Gasteiger partial charge >= 0.3 is 0 Å². The summed E-state index contributed by atoms with van der Waals surface area (Å²) in [6, 6.07) is 18.4. The van der Waals surface area contributed by atoms with Gasteiger partial charge in [-0.3, -0.25) is 0 Å². The van der Waals surface area contributed by atoms with Crippen molar-refractivity contribution in [3.8, 4) is 17.0 Å². The summed E-state index contributed by atoms with van der Waals surface area (Å²) < 4.78 is 2.90. The van der Waals surface area contributed by atoms with Gasteiger partial charge in [0.05, 0.1) is 27.6 Å². The molecule has 4 aromatic rings. The number of rotatable bonds is 5. The van der Waals surface area contributed by atoms with Crippen LogP contribution in [-0.4, -0.2) is 27.2 Å². The fourth-order valence-electron chi connectivity index (χ4n) is 2.82. The molecule has 0 fully saturated rings. The fraction of sp³-hybridized carbons (Fsp3) is 0. The summed E-state index contributed by atoms with van der Waals surface area (Å²) in [6.45, 7) is 0. The molecule has 160 valence electrons. The lowest BCUT2D eigenvalue weighted by atomic mass is 10.2. The Bertz CT molecular complexity index is 1340. The lowest BCUT2D eigenvalue weighted by Gasteiger charge is -2.03. The predicted molar refractivity (Wildman–Crippen MR) is 138 cm³/mol. The first-order chi connectivity index (χ1) is 15.4. The average molecular weight is 593 g/mol. The van der Waals surface area contributed by atoms with Gasteiger partial charge in [-0.15, -0.1) is 0 Å². The number of aromatic hydroxyl groups is 1. The maximum absolute atomic E-state index is 10.3. The number of phenolic OH excluding ortho intramolecular Hbond substituents is 1. The third kappa shape index (κ3) is 5.30. The zero-order valence-corrected chi connectivity index (χ0v) is 20.9. The highest BCUT2D eigenvalue weighted by Gasteiger charge is 2.10. The molecule has 0 spiro atoms. The van der Waals surface area contributed by atoms with Crippen LogP contribution in [0.1, 0.15) is 11.1 Å². The van der Waals surface area contributed by atoms with E-state index in [0.29, 0.717) is 37.3 Å². The molecule has 0 unspecified atom stereocenters. The lowest BCUT2D eigenvalue weighted by Crippen LogP contribution is -1.91. The van der Waals surface area contributed by atoms with Crippen LogP contribution in [-0.2, 0) is 0 Å². The van der Waals surface area contributed by atoms with Gasteiger partial charge in [0, 0.05) is 32.4 Å². The van der Waals surface area contributed by atoms with Gasteiger partial charge in [0.1, 0.15) is 5.75 Å². The molecule has 0 atom stereocenters. The largest absolute Gasteiger partial charge is 0.506 e. The van der Waals surface area contributed by atoms with Gasteiger partial charge in [-0.25, -0.2) is 14.7 Å². The summed E-state index contributed by atoms with van der Waals surface area (Å²) in [7, 11) is 0. The second kappa shape index (κ2) is 10.0. The van der Waals surface area contributed by atoms with Crippen LogP contribution in [0.5, 0.6) is 5.75 Å². The molecule has 0 bridgehead atoms. The molecule has 1 aromatic heterocycles. The minimum atomic E-state index is 0.0785. The van der Waals surface area contributed by atoms with E-state index in [9.17, 15) is 5.11 Å². The Morgan fingerprint density at radius 2 is 1.72 bits per heavy atom. The van der Waals surface area contributed by atoms with Crippen molar-refractivity contribution in [1.29, 1.82) is 0 Å². The SMILES string of the molecule is Oc1c(Br)cc(Br)cc1/C=N/c1nc(-c2ccccc2)cn1N=Cc1ccc(Cl)cc1Cl. The monoisotopic (exact) mass is 590 g/mol. The minimum absolute atomic E-state index is 0.0785. The van der Waals surface area contributed by atoms with E-state index in [1.165, 1.54) is 6.21 Å².